The maximum absolute atomic E-state index is 11.1. The molecule has 0 radical (unpaired) electrons. The zero-order chi connectivity index (χ0) is 15.1. The molecule has 0 amide bonds. The third kappa shape index (κ3) is 2.53. The van der Waals surface area contributed by atoms with Crippen molar-refractivity contribution in [3.05, 3.63) is 29.6 Å². The van der Waals surface area contributed by atoms with Gasteiger partial charge in [0.1, 0.15) is 5.82 Å². The molecule has 21 heavy (non-hydrogen) atoms. The Morgan fingerprint density at radius 3 is 2.71 bits per heavy atom. The summed E-state index contributed by atoms with van der Waals surface area (Å²) in [6.07, 6.45) is 1.51. The largest absolute Gasteiger partial charge is 0.478 e. The second-order valence-corrected chi connectivity index (χ2v) is 6.24. The molecule has 2 N–H and O–H groups in total. The summed E-state index contributed by atoms with van der Waals surface area (Å²) < 4.78 is 2.18. The van der Waals surface area contributed by atoms with Gasteiger partial charge in [-0.25, -0.2) is 9.78 Å². The number of benzene rings is 1. The molecule has 3 rings (SSSR count). The highest BCUT2D eigenvalue weighted by Crippen LogP contribution is 2.32. The van der Waals surface area contributed by atoms with E-state index in [2.05, 4.69) is 23.4 Å². The quantitative estimate of drug-likeness (QED) is 0.907. The van der Waals surface area contributed by atoms with Gasteiger partial charge >= 0.3 is 5.97 Å². The number of aromatic carboxylic acids is 1. The van der Waals surface area contributed by atoms with Crippen LogP contribution in [0.15, 0.2) is 18.2 Å². The number of hydrogen-bond acceptors (Lipinski definition) is 3. The van der Waals surface area contributed by atoms with Gasteiger partial charge in [-0.2, -0.15) is 0 Å². The summed E-state index contributed by atoms with van der Waals surface area (Å²) in [5.74, 6) is 0.804. The minimum atomic E-state index is -0.931. The van der Waals surface area contributed by atoms with Crippen molar-refractivity contribution in [1.82, 2.24) is 9.55 Å². The number of carboxylic acids is 1. The molecule has 0 bridgehead atoms. The van der Waals surface area contributed by atoms with Crippen molar-refractivity contribution in [1.29, 1.82) is 0 Å². The van der Waals surface area contributed by atoms with E-state index in [4.69, 9.17) is 5.11 Å². The van der Waals surface area contributed by atoms with E-state index in [1.807, 2.05) is 6.07 Å². The van der Waals surface area contributed by atoms with Crippen molar-refractivity contribution in [3.8, 4) is 0 Å². The van der Waals surface area contributed by atoms with Gasteiger partial charge in [-0.05, 0) is 37.0 Å². The van der Waals surface area contributed by atoms with Gasteiger partial charge in [-0.3, -0.25) is 0 Å². The summed E-state index contributed by atoms with van der Waals surface area (Å²) in [5, 5.41) is 18.5. The Morgan fingerprint density at radius 1 is 1.43 bits per heavy atom. The lowest BCUT2D eigenvalue weighted by Crippen LogP contribution is -2.31. The van der Waals surface area contributed by atoms with E-state index in [1.165, 1.54) is 0 Å². The molecule has 0 spiro atoms. The molecule has 2 aromatic rings. The zero-order valence-corrected chi connectivity index (χ0v) is 12.3. The Balaban J connectivity index is 2.02. The molecule has 112 valence electrons. The number of nitrogens with zero attached hydrogens (tertiary/aromatic N) is 2. The summed E-state index contributed by atoms with van der Waals surface area (Å²) in [4.78, 5) is 15.7. The van der Waals surface area contributed by atoms with Gasteiger partial charge in [-0.1, -0.05) is 13.8 Å². The number of hydrogen-bond donors (Lipinski definition) is 2. The van der Waals surface area contributed by atoms with Crippen LogP contribution in [0.25, 0.3) is 11.0 Å². The fourth-order valence-corrected chi connectivity index (χ4v) is 3.02. The van der Waals surface area contributed by atoms with Gasteiger partial charge in [0.25, 0.3) is 0 Å². The summed E-state index contributed by atoms with van der Waals surface area (Å²) in [6.45, 7) is 5.02. The first-order chi connectivity index (χ1) is 9.95. The Bertz CT molecular complexity index is 684. The van der Waals surface area contributed by atoms with E-state index in [9.17, 15) is 9.90 Å². The predicted octanol–water partition coefficient (Wildman–Crippen LogP) is 2.63. The van der Waals surface area contributed by atoms with E-state index >= 15 is 0 Å². The fraction of sp³-hybridized carbons (Fsp3) is 0.500. The first-order valence-electron chi connectivity index (χ1n) is 7.37. The van der Waals surface area contributed by atoms with Crippen LogP contribution >= 0.6 is 0 Å². The number of rotatable bonds is 4. The molecular formula is C16H20N2O3. The number of carboxylic acid groups (broad SMARTS) is 1. The van der Waals surface area contributed by atoms with Crippen LogP contribution in [0, 0.1) is 5.92 Å². The van der Waals surface area contributed by atoms with E-state index in [0.717, 1.165) is 36.2 Å². The summed E-state index contributed by atoms with van der Waals surface area (Å²) in [5.41, 5.74) is 1.98. The molecule has 1 saturated carbocycles. The molecule has 1 heterocycles. The van der Waals surface area contributed by atoms with Crippen LogP contribution in [0.3, 0.4) is 0 Å². The average molecular weight is 288 g/mol. The van der Waals surface area contributed by atoms with E-state index < -0.39 is 5.97 Å². The molecule has 0 unspecified atom stereocenters. The van der Waals surface area contributed by atoms with Crippen LogP contribution in [0.4, 0.5) is 0 Å². The maximum atomic E-state index is 11.1. The molecule has 5 heteroatoms. The molecule has 1 fully saturated rings. The van der Waals surface area contributed by atoms with Crippen molar-refractivity contribution < 1.29 is 15.0 Å². The third-order valence-corrected chi connectivity index (χ3v) is 4.19. The Morgan fingerprint density at radius 2 is 2.14 bits per heavy atom. The average Bonchev–Trinajstić information content (AvgIpc) is 2.75. The van der Waals surface area contributed by atoms with Gasteiger partial charge < -0.3 is 14.8 Å². The molecule has 5 nitrogen and oxygen atoms in total. The van der Waals surface area contributed by atoms with Gasteiger partial charge in [0.05, 0.1) is 22.7 Å². The highest BCUT2D eigenvalue weighted by Gasteiger charge is 2.29. The van der Waals surface area contributed by atoms with Crippen LogP contribution in [-0.2, 0) is 6.54 Å². The predicted molar refractivity (Wildman–Crippen MR) is 79.5 cm³/mol. The zero-order valence-electron chi connectivity index (χ0n) is 12.3. The van der Waals surface area contributed by atoms with Crippen molar-refractivity contribution in [2.75, 3.05) is 0 Å². The van der Waals surface area contributed by atoms with Crippen molar-refractivity contribution >= 4 is 17.0 Å². The lowest BCUT2D eigenvalue weighted by molar-refractivity contribution is 0.0353. The molecule has 0 aliphatic heterocycles. The molecule has 0 atom stereocenters. The summed E-state index contributed by atoms with van der Waals surface area (Å²) in [7, 11) is 0. The highest BCUT2D eigenvalue weighted by molar-refractivity contribution is 5.92. The summed E-state index contributed by atoms with van der Waals surface area (Å²) >= 11 is 0. The Hall–Kier alpha value is -1.88. The maximum Gasteiger partial charge on any atom is 0.335 e. The summed E-state index contributed by atoms with van der Waals surface area (Å²) in [6, 6.07) is 5.10. The number of fused-ring (bicyclic) bond motifs is 1. The first-order valence-corrected chi connectivity index (χ1v) is 7.37. The topological polar surface area (TPSA) is 75.3 Å². The van der Waals surface area contributed by atoms with E-state index in [1.54, 1.807) is 12.1 Å². The number of aromatic nitrogens is 2. The van der Waals surface area contributed by atoms with Crippen LogP contribution in [-0.4, -0.2) is 31.8 Å². The lowest BCUT2D eigenvalue weighted by atomic mass is 9.82. The third-order valence-electron chi connectivity index (χ3n) is 4.19. The SMILES string of the molecule is CC(C)c1nc2cc(C(=O)O)ccc2n1CC1CC(O)C1. The second-order valence-electron chi connectivity index (χ2n) is 6.24. The van der Waals surface area contributed by atoms with Gasteiger partial charge in [0.15, 0.2) is 0 Å². The van der Waals surface area contributed by atoms with Crippen LogP contribution in [0.1, 0.15) is 48.8 Å². The standard InChI is InChI=1S/C16H20N2O3/c1-9(2)15-17-13-7-11(16(20)21)3-4-14(13)18(15)8-10-5-12(19)6-10/h3-4,7,9-10,12,19H,5-6,8H2,1-2H3,(H,20,21). The van der Waals surface area contributed by atoms with Crippen molar-refractivity contribution in [2.24, 2.45) is 5.92 Å². The Labute approximate surface area is 123 Å². The molecular weight excluding hydrogens is 268 g/mol. The van der Waals surface area contributed by atoms with Crippen LogP contribution < -0.4 is 0 Å². The first kappa shape index (κ1) is 14.1. The minimum Gasteiger partial charge on any atom is -0.478 e. The fourth-order valence-electron chi connectivity index (χ4n) is 3.02. The van der Waals surface area contributed by atoms with Crippen LogP contribution in [0.5, 0.6) is 0 Å². The number of aliphatic hydroxyl groups excluding tert-OH is 1. The van der Waals surface area contributed by atoms with Crippen LogP contribution in [0.2, 0.25) is 0 Å². The molecule has 1 aromatic heterocycles. The lowest BCUT2D eigenvalue weighted by Gasteiger charge is -2.32. The van der Waals surface area contributed by atoms with Gasteiger partial charge in [0.2, 0.25) is 0 Å². The number of aliphatic hydroxyl groups is 1. The van der Waals surface area contributed by atoms with E-state index in [0.29, 0.717) is 5.92 Å². The van der Waals surface area contributed by atoms with Crippen molar-refractivity contribution in [2.45, 2.75) is 45.3 Å². The van der Waals surface area contributed by atoms with E-state index in [-0.39, 0.29) is 17.6 Å². The highest BCUT2D eigenvalue weighted by atomic mass is 16.4. The van der Waals surface area contributed by atoms with Gasteiger partial charge in [-0.15, -0.1) is 0 Å². The Kier molecular flexibility index (Phi) is 3.45. The number of carbonyl (C=O) groups is 1. The minimum absolute atomic E-state index is 0.161. The smallest absolute Gasteiger partial charge is 0.335 e. The molecule has 1 aromatic carbocycles. The van der Waals surface area contributed by atoms with Gasteiger partial charge in [0, 0.05) is 12.5 Å². The normalized spacial score (nSPS) is 21.7. The molecule has 0 saturated heterocycles. The monoisotopic (exact) mass is 288 g/mol. The second kappa shape index (κ2) is 5.15. The molecule has 1 aliphatic carbocycles. The van der Waals surface area contributed by atoms with Crippen molar-refractivity contribution in [3.63, 3.8) is 0 Å². The number of imidazole rings is 1. The molecule has 1 aliphatic rings.